The lowest BCUT2D eigenvalue weighted by Crippen LogP contribution is -2.32. The largest absolute Gasteiger partial charge is 0.352 e. The average molecular weight is 210 g/mol. The molecule has 0 aromatic heterocycles. The van der Waals surface area contributed by atoms with Crippen molar-refractivity contribution in [1.29, 1.82) is 0 Å². The van der Waals surface area contributed by atoms with Crippen LogP contribution in [0.3, 0.4) is 0 Å². The van der Waals surface area contributed by atoms with E-state index in [0.717, 1.165) is 5.56 Å². The fraction of sp³-hybridized carbons (Fsp3) is 0.364. The number of hydrogen-bond acceptors (Lipinski definition) is 2. The average Bonchev–Trinajstić information content (AvgIpc) is 2.26. The smallest absolute Gasteiger partial charge is 0.224 e. The van der Waals surface area contributed by atoms with Gasteiger partial charge in [-0.2, -0.15) is 0 Å². The zero-order chi connectivity index (χ0) is 11.3. The zero-order valence-corrected chi connectivity index (χ0v) is 8.66. The van der Waals surface area contributed by atoms with Crippen LogP contribution in [0.2, 0.25) is 0 Å². The molecular weight excluding hydrogens is 195 g/mol. The van der Waals surface area contributed by atoms with Crippen molar-refractivity contribution in [1.82, 2.24) is 5.32 Å². The second kappa shape index (κ2) is 5.46. The topological polar surface area (TPSA) is 55.1 Å². The number of hydrogen-bond donors (Lipinski definition) is 2. The fourth-order valence-electron chi connectivity index (χ4n) is 1.07. The molecule has 3 N–H and O–H groups in total. The first-order valence-corrected chi connectivity index (χ1v) is 4.85. The quantitative estimate of drug-likeness (QED) is 0.780. The van der Waals surface area contributed by atoms with Gasteiger partial charge in [-0.3, -0.25) is 4.79 Å². The summed E-state index contributed by atoms with van der Waals surface area (Å²) in [6, 6.07) is 6.02. The van der Waals surface area contributed by atoms with E-state index in [1.165, 1.54) is 12.1 Å². The van der Waals surface area contributed by atoms with Gasteiger partial charge in [0, 0.05) is 19.0 Å². The van der Waals surface area contributed by atoms with E-state index in [-0.39, 0.29) is 17.6 Å². The maximum atomic E-state index is 12.6. The molecule has 3 nitrogen and oxygen atoms in total. The van der Waals surface area contributed by atoms with Gasteiger partial charge in [0.2, 0.25) is 5.91 Å². The Labute approximate surface area is 88.5 Å². The van der Waals surface area contributed by atoms with Gasteiger partial charge >= 0.3 is 0 Å². The molecule has 0 aliphatic heterocycles. The van der Waals surface area contributed by atoms with Crippen molar-refractivity contribution in [3.63, 3.8) is 0 Å². The summed E-state index contributed by atoms with van der Waals surface area (Å²) in [7, 11) is 0. The number of benzene rings is 1. The summed E-state index contributed by atoms with van der Waals surface area (Å²) in [4.78, 5) is 11.3. The second-order valence-electron chi connectivity index (χ2n) is 3.48. The van der Waals surface area contributed by atoms with Gasteiger partial charge in [0.05, 0.1) is 0 Å². The molecule has 0 aliphatic carbocycles. The summed E-state index contributed by atoms with van der Waals surface area (Å²) in [5.74, 6) is -0.548. The van der Waals surface area contributed by atoms with E-state index in [9.17, 15) is 9.18 Å². The number of amides is 1. The predicted molar refractivity (Wildman–Crippen MR) is 56.5 cm³/mol. The lowest BCUT2D eigenvalue weighted by molar-refractivity contribution is -0.124. The van der Waals surface area contributed by atoms with E-state index in [4.69, 9.17) is 5.73 Å². The van der Waals surface area contributed by atoms with E-state index >= 15 is 0 Å². The minimum Gasteiger partial charge on any atom is -0.352 e. The van der Waals surface area contributed by atoms with Crippen LogP contribution in [-0.4, -0.2) is 12.5 Å². The van der Waals surface area contributed by atoms with Crippen LogP contribution in [0.4, 0.5) is 4.39 Å². The summed E-state index contributed by atoms with van der Waals surface area (Å²) in [6.45, 7) is 2.50. The monoisotopic (exact) mass is 210 g/mol. The van der Waals surface area contributed by atoms with Crippen LogP contribution < -0.4 is 11.1 Å². The zero-order valence-electron chi connectivity index (χ0n) is 8.66. The van der Waals surface area contributed by atoms with Crippen molar-refractivity contribution in [2.75, 3.05) is 6.54 Å². The number of nitrogens with two attached hydrogens (primary N) is 1. The molecule has 82 valence electrons. The van der Waals surface area contributed by atoms with Gasteiger partial charge in [-0.1, -0.05) is 19.1 Å². The molecule has 0 bridgehead atoms. The molecule has 0 saturated heterocycles. The molecular formula is C11H15FN2O. The summed E-state index contributed by atoms with van der Waals surface area (Å²) in [5.41, 5.74) is 6.22. The summed E-state index contributed by atoms with van der Waals surface area (Å²) >= 11 is 0. The lowest BCUT2D eigenvalue weighted by atomic mass is 10.1. The highest BCUT2D eigenvalue weighted by Gasteiger charge is 2.09. The Morgan fingerprint density at radius 3 is 2.60 bits per heavy atom. The molecule has 0 radical (unpaired) electrons. The number of nitrogens with one attached hydrogen (secondary N) is 1. The second-order valence-corrected chi connectivity index (χ2v) is 3.48. The van der Waals surface area contributed by atoms with Crippen molar-refractivity contribution in [2.24, 2.45) is 11.7 Å². The van der Waals surface area contributed by atoms with E-state index in [1.54, 1.807) is 19.1 Å². The van der Waals surface area contributed by atoms with Gasteiger partial charge in [-0.05, 0) is 17.7 Å². The van der Waals surface area contributed by atoms with Gasteiger partial charge in [0.15, 0.2) is 0 Å². The molecule has 1 rings (SSSR count). The minimum atomic E-state index is -0.277. The number of carbonyl (C=O) groups excluding carboxylic acids is 1. The first kappa shape index (κ1) is 11.7. The molecule has 1 atom stereocenters. The molecule has 1 aromatic rings. The highest BCUT2D eigenvalue weighted by atomic mass is 19.1. The van der Waals surface area contributed by atoms with Crippen molar-refractivity contribution in [2.45, 2.75) is 13.5 Å². The maximum Gasteiger partial charge on any atom is 0.224 e. The first-order valence-electron chi connectivity index (χ1n) is 4.85. The molecule has 0 fully saturated rings. The number of carbonyl (C=O) groups is 1. The van der Waals surface area contributed by atoms with Crippen LogP contribution in [0.15, 0.2) is 24.3 Å². The first-order chi connectivity index (χ1) is 7.13. The molecule has 1 aromatic carbocycles. The van der Waals surface area contributed by atoms with Crippen molar-refractivity contribution >= 4 is 5.91 Å². The predicted octanol–water partition coefficient (Wildman–Crippen LogP) is 1.04. The normalized spacial score (nSPS) is 12.2. The minimum absolute atomic E-state index is 0.0816. The third kappa shape index (κ3) is 3.67. The molecule has 1 amide bonds. The van der Waals surface area contributed by atoms with Gasteiger partial charge < -0.3 is 11.1 Å². The SMILES string of the molecule is CC(CN)C(=O)NCc1ccc(F)cc1. The number of halogens is 1. The van der Waals surface area contributed by atoms with Gasteiger partial charge in [0.25, 0.3) is 0 Å². The Morgan fingerprint density at radius 2 is 2.07 bits per heavy atom. The van der Waals surface area contributed by atoms with Crippen LogP contribution in [0, 0.1) is 11.7 Å². The van der Waals surface area contributed by atoms with Gasteiger partial charge in [-0.25, -0.2) is 4.39 Å². The van der Waals surface area contributed by atoms with Crippen LogP contribution in [0.25, 0.3) is 0 Å². The maximum absolute atomic E-state index is 12.6. The molecule has 4 heteroatoms. The van der Waals surface area contributed by atoms with Gasteiger partial charge in [-0.15, -0.1) is 0 Å². The Balaban J connectivity index is 2.43. The molecule has 0 spiro atoms. The standard InChI is InChI=1S/C11H15FN2O/c1-8(6-13)11(15)14-7-9-2-4-10(12)5-3-9/h2-5,8H,6-7,13H2,1H3,(H,14,15). The highest BCUT2D eigenvalue weighted by molar-refractivity contribution is 5.78. The van der Waals surface area contributed by atoms with Crippen molar-refractivity contribution in [3.8, 4) is 0 Å². The van der Waals surface area contributed by atoms with E-state index < -0.39 is 0 Å². The molecule has 15 heavy (non-hydrogen) atoms. The molecule has 0 heterocycles. The third-order valence-corrected chi connectivity index (χ3v) is 2.18. The van der Waals surface area contributed by atoms with E-state index in [0.29, 0.717) is 13.1 Å². The Hall–Kier alpha value is -1.42. The van der Waals surface area contributed by atoms with Gasteiger partial charge in [0.1, 0.15) is 5.82 Å². The van der Waals surface area contributed by atoms with Crippen molar-refractivity contribution in [3.05, 3.63) is 35.6 Å². The molecule has 0 aliphatic rings. The third-order valence-electron chi connectivity index (χ3n) is 2.18. The molecule has 1 unspecified atom stereocenters. The Morgan fingerprint density at radius 1 is 1.47 bits per heavy atom. The molecule has 0 saturated carbocycles. The van der Waals surface area contributed by atoms with Crippen LogP contribution >= 0.6 is 0 Å². The van der Waals surface area contributed by atoms with Crippen molar-refractivity contribution < 1.29 is 9.18 Å². The van der Waals surface area contributed by atoms with Crippen LogP contribution in [0.5, 0.6) is 0 Å². The lowest BCUT2D eigenvalue weighted by Gasteiger charge is -2.09. The highest BCUT2D eigenvalue weighted by Crippen LogP contribution is 2.02. The number of rotatable bonds is 4. The Kier molecular flexibility index (Phi) is 4.24. The summed E-state index contributed by atoms with van der Waals surface area (Å²) < 4.78 is 12.6. The van der Waals surface area contributed by atoms with E-state index in [2.05, 4.69) is 5.32 Å². The summed E-state index contributed by atoms with van der Waals surface area (Å²) in [5, 5.41) is 2.73. The fourth-order valence-corrected chi connectivity index (χ4v) is 1.07. The van der Waals surface area contributed by atoms with Crippen LogP contribution in [0.1, 0.15) is 12.5 Å². The van der Waals surface area contributed by atoms with E-state index in [1.807, 2.05) is 0 Å². The summed E-state index contributed by atoms with van der Waals surface area (Å²) in [6.07, 6.45) is 0. The van der Waals surface area contributed by atoms with Crippen LogP contribution in [-0.2, 0) is 11.3 Å². The Bertz CT molecular complexity index is 324.